The number of aromatic nitrogens is 2. The fourth-order valence-corrected chi connectivity index (χ4v) is 3.38. The molecule has 4 heterocycles. The van der Waals surface area contributed by atoms with E-state index < -0.39 is 23.6 Å². The monoisotopic (exact) mass is 422 g/mol. The Kier molecular flexibility index (Phi) is 6.72. The molecule has 3 fully saturated rings. The third kappa shape index (κ3) is 5.38. The summed E-state index contributed by atoms with van der Waals surface area (Å²) in [5.41, 5.74) is 0.128. The van der Waals surface area contributed by atoms with E-state index in [1.807, 2.05) is 0 Å². The van der Waals surface area contributed by atoms with Crippen molar-refractivity contribution in [1.82, 2.24) is 15.1 Å². The molecule has 3 aliphatic rings. The molecule has 0 atom stereocenters. The van der Waals surface area contributed by atoms with E-state index in [1.54, 1.807) is 0 Å². The van der Waals surface area contributed by atoms with Gasteiger partial charge in [0.2, 0.25) is 0 Å². The number of carboxylic acids is 2. The van der Waals surface area contributed by atoms with Gasteiger partial charge < -0.3 is 24.4 Å². The molecule has 0 unspecified atom stereocenters. The first-order valence-corrected chi connectivity index (χ1v) is 9.25. The normalized spacial score (nSPS) is 20.5. The average Bonchev–Trinajstić information content (AvgIpc) is 2.98. The van der Waals surface area contributed by atoms with Crippen molar-refractivity contribution in [1.29, 1.82) is 0 Å². The number of benzene rings is 1. The van der Waals surface area contributed by atoms with Crippen molar-refractivity contribution in [2.45, 2.75) is 18.9 Å². The molecular formula is C19H20F2N4O5. The molecule has 11 heteroatoms. The standard InChI is InChI=1S/C15H16F2N4O.C4H4O4/c16-10-1-2-12(13(17)9-10)14-18-19-15(22-14)21-8-7-20-5-3-11(21)4-6-20;5-3(6)1-2-4(7)8/h1-2,9,11H,3-8H2;1-2H,(H,5,6)(H,7,8)/b;2-1+. The van der Waals surface area contributed by atoms with Crippen LogP contribution in [-0.2, 0) is 9.59 Å². The Hall–Kier alpha value is -3.34. The molecule has 9 nitrogen and oxygen atoms in total. The van der Waals surface area contributed by atoms with Gasteiger partial charge >= 0.3 is 18.0 Å². The van der Waals surface area contributed by atoms with Crippen molar-refractivity contribution in [3.8, 4) is 11.5 Å². The Morgan fingerprint density at radius 1 is 1.03 bits per heavy atom. The lowest BCUT2D eigenvalue weighted by Crippen LogP contribution is -2.38. The third-order valence-electron chi connectivity index (χ3n) is 4.85. The number of carboxylic acid groups (broad SMARTS) is 2. The lowest BCUT2D eigenvalue weighted by molar-refractivity contribution is -0.134. The van der Waals surface area contributed by atoms with Gasteiger partial charge in [0.25, 0.3) is 5.89 Å². The van der Waals surface area contributed by atoms with Crippen molar-refractivity contribution in [2.24, 2.45) is 0 Å². The van der Waals surface area contributed by atoms with Gasteiger partial charge in [-0.25, -0.2) is 18.4 Å². The number of hydrogen-bond acceptors (Lipinski definition) is 7. The zero-order valence-electron chi connectivity index (χ0n) is 15.9. The highest BCUT2D eigenvalue weighted by Gasteiger charge is 2.32. The summed E-state index contributed by atoms with van der Waals surface area (Å²) in [4.78, 5) is 23.6. The van der Waals surface area contributed by atoms with Crippen LogP contribution in [-0.4, -0.2) is 69.5 Å². The number of carbonyl (C=O) groups is 2. The lowest BCUT2D eigenvalue weighted by Gasteiger charge is -2.29. The van der Waals surface area contributed by atoms with Crippen molar-refractivity contribution in [3.63, 3.8) is 0 Å². The predicted octanol–water partition coefficient (Wildman–Crippen LogP) is 2.01. The van der Waals surface area contributed by atoms with Crippen LogP contribution in [0.1, 0.15) is 12.8 Å². The summed E-state index contributed by atoms with van der Waals surface area (Å²) in [5.74, 6) is -3.75. The molecule has 2 aromatic rings. The topological polar surface area (TPSA) is 120 Å². The Balaban J connectivity index is 0.000000275. The second-order valence-electron chi connectivity index (χ2n) is 6.79. The summed E-state index contributed by atoms with van der Waals surface area (Å²) in [5, 5.41) is 23.6. The SMILES string of the molecule is Fc1ccc(-c2nnc(N3CCN4CCC3CC4)o2)c(F)c1.O=C(O)/C=C/C(=O)O. The van der Waals surface area contributed by atoms with Crippen molar-refractivity contribution in [2.75, 3.05) is 31.1 Å². The van der Waals surface area contributed by atoms with Crippen LogP contribution >= 0.6 is 0 Å². The molecule has 3 saturated heterocycles. The van der Waals surface area contributed by atoms with Gasteiger partial charge in [0, 0.05) is 50.4 Å². The van der Waals surface area contributed by atoms with E-state index in [2.05, 4.69) is 20.0 Å². The third-order valence-corrected chi connectivity index (χ3v) is 4.85. The van der Waals surface area contributed by atoms with Gasteiger partial charge in [-0.1, -0.05) is 5.10 Å². The smallest absolute Gasteiger partial charge is 0.328 e. The zero-order valence-corrected chi connectivity index (χ0v) is 15.9. The minimum absolute atomic E-state index is 0.0894. The number of anilines is 1. The largest absolute Gasteiger partial charge is 0.478 e. The Morgan fingerprint density at radius 3 is 2.30 bits per heavy atom. The highest BCUT2D eigenvalue weighted by molar-refractivity contribution is 5.89. The lowest BCUT2D eigenvalue weighted by atomic mass is 10.1. The van der Waals surface area contributed by atoms with Crippen molar-refractivity contribution in [3.05, 3.63) is 42.0 Å². The number of fused-ring (bicyclic) bond motifs is 4. The minimum Gasteiger partial charge on any atom is -0.478 e. The summed E-state index contributed by atoms with van der Waals surface area (Å²) >= 11 is 0. The molecule has 0 aliphatic carbocycles. The van der Waals surface area contributed by atoms with Gasteiger partial charge in [-0.2, -0.15) is 0 Å². The summed E-state index contributed by atoms with van der Waals surface area (Å²) in [6.07, 6.45) is 3.26. The molecule has 30 heavy (non-hydrogen) atoms. The molecule has 3 aliphatic heterocycles. The van der Waals surface area contributed by atoms with E-state index in [1.165, 1.54) is 12.1 Å². The van der Waals surface area contributed by atoms with Crippen LogP contribution in [0.25, 0.3) is 11.5 Å². The number of piperidine rings is 1. The van der Waals surface area contributed by atoms with Crippen LogP contribution in [0.5, 0.6) is 0 Å². The highest BCUT2D eigenvalue weighted by Crippen LogP contribution is 2.29. The zero-order chi connectivity index (χ0) is 21.7. The maximum Gasteiger partial charge on any atom is 0.328 e. The highest BCUT2D eigenvalue weighted by atomic mass is 19.1. The predicted molar refractivity (Wildman–Crippen MR) is 101 cm³/mol. The second kappa shape index (κ2) is 9.44. The first-order chi connectivity index (χ1) is 14.3. The van der Waals surface area contributed by atoms with E-state index in [4.69, 9.17) is 14.6 Å². The molecule has 0 saturated carbocycles. The Labute approximate surface area is 170 Å². The molecule has 0 radical (unpaired) electrons. The number of rotatable bonds is 4. The molecule has 1 aromatic heterocycles. The summed E-state index contributed by atoms with van der Waals surface area (Å²) in [7, 11) is 0. The summed E-state index contributed by atoms with van der Waals surface area (Å²) in [6, 6.07) is 4.14. The molecular weight excluding hydrogens is 402 g/mol. The minimum atomic E-state index is -1.26. The van der Waals surface area contributed by atoms with Gasteiger partial charge in [0.1, 0.15) is 11.6 Å². The Bertz CT molecular complexity index is 925. The van der Waals surface area contributed by atoms with E-state index in [0.29, 0.717) is 24.2 Å². The van der Waals surface area contributed by atoms with Gasteiger partial charge in [-0.05, 0) is 25.0 Å². The maximum absolute atomic E-state index is 13.8. The van der Waals surface area contributed by atoms with Crippen LogP contribution in [0.4, 0.5) is 14.8 Å². The van der Waals surface area contributed by atoms with E-state index >= 15 is 0 Å². The molecule has 0 amide bonds. The second-order valence-corrected chi connectivity index (χ2v) is 6.79. The number of hydrogen-bond donors (Lipinski definition) is 2. The first-order valence-electron chi connectivity index (χ1n) is 9.25. The summed E-state index contributed by atoms with van der Waals surface area (Å²) in [6.45, 7) is 3.99. The number of halogens is 2. The fraction of sp³-hybridized carbons (Fsp3) is 0.368. The quantitative estimate of drug-likeness (QED) is 0.713. The average molecular weight is 422 g/mol. The van der Waals surface area contributed by atoms with Crippen molar-refractivity contribution < 1.29 is 33.0 Å². The molecule has 2 bridgehead atoms. The van der Waals surface area contributed by atoms with Crippen LogP contribution in [0.2, 0.25) is 0 Å². The molecule has 160 valence electrons. The van der Waals surface area contributed by atoms with Gasteiger partial charge in [-0.3, -0.25) is 0 Å². The van der Waals surface area contributed by atoms with Crippen LogP contribution in [0, 0.1) is 11.6 Å². The van der Waals surface area contributed by atoms with Crippen molar-refractivity contribution >= 4 is 18.0 Å². The molecule has 0 spiro atoms. The summed E-state index contributed by atoms with van der Waals surface area (Å²) < 4.78 is 32.5. The van der Waals surface area contributed by atoms with Crippen LogP contribution in [0.15, 0.2) is 34.8 Å². The van der Waals surface area contributed by atoms with E-state index in [0.717, 1.165) is 45.1 Å². The maximum atomic E-state index is 13.8. The molecule has 5 rings (SSSR count). The fourth-order valence-electron chi connectivity index (χ4n) is 3.38. The van der Waals surface area contributed by atoms with Crippen LogP contribution in [0.3, 0.4) is 0 Å². The van der Waals surface area contributed by atoms with E-state index in [-0.39, 0.29) is 11.5 Å². The first kappa shape index (κ1) is 21.4. The van der Waals surface area contributed by atoms with Crippen LogP contribution < -0.4 is 4.90 Å². The van der Waals surface area contributed by atoms with Gasteiger partial charge in [-0.15, -0.1) is 5.10 Å². The Morgan fingerprint density at radius 2 is 1.70 bits per heavy atom. The van der Waals surface area contributed by atoms with E-state index in [9.17, 15) is 18.4 Å². The molecule has 1 aromatic carbocycles. The van der Waals surface area contributed by atoms with Gasteiger partial charge in [0.15, 0.2) is 0 Å². The number of aliphatic carboxylic acids is 2. The number of nitrogens with zero attached hydrogens (tertiary/aromatic N) is 4. The molecule has 2 N–H and O–H groups in total. The van der Waals surface area contributed by atoms with Gasteiger partial charge in [0.05, 0.1) is 5.56 Å².